The predicted molar refractivity (Wildman–Crippen MR) is 100 cm³/mol. The van der Waals surface area contributed by atoms with Gasteiger partial charge >= 0.3 is 139 Å². The molecule has 0 amide bonds. The molecule has 0 radical (unpaired) electrons. The molecule has 0 fully saturated rings. The van der Waals surface area contributed by atoms with Gasteiger partial charge in [-0.2, -0.15) is 0 Å². The molecule has 0 bridgehead atoms. The molecule has 0 aliphatic heterocycles. The van der Waals surface area contributed by atoms with Crippen LogP contribution in [-0.2, 0) is 0 Å². The maximum absolute atomic E-state index is 6.62. The molecule has 0 atom stereocenters. The molecule has 1 aromatic carbocycles. The molecule has 0 aliphatic rings. The molecule has 1 nitrogen and oxygen atoms in total. The zero-order valence-electron chi connectivity index (χ0n) is 14.1. The number of halogens is 1. The van der Waals surface area contributed by atoms with Crippen molar-refractivity contribution in [2.24, 2.45) is 0 Å². The van der Waals surface area contributed by atoms with Crippen LogP contribution >= 0.6 is 11.6 Å². The minimum absolute atomic E-state index is 0.943. The van der Waals surface area contributed by atoms with E-state index in [4.69, 9.17) is 17.3 Å². The fourth-order valence-electron chi connectivity index (χ4n) is 3.40. The van der Waals surface area contributed by atoms with E-state index in [-0.39, 0.29) is 0 Å². The summed E-state index contributed by atoms with van der Waals surface area (Å²) >= 11 is 4.42. The van der Waals surface area contributed by atoms with Crippen molar-refractivity contribution in [3.8, 4) is 0 Å². The first-order valence-corrected chi connectivity index (χ1v) is 14.5. The van der Waals surface area contributed by atoms with Gasteiger partial charge in [-0.1, -0.05) is 0 Å². The van der Waals surface area contributed by atoms with E-state index in [1.165, 1.54) is 58.7 Å². The number of nitrogens with two attached hydrogens (primary N) is 1. The molecule has 1 rings (SSSR count). The van der Waals surface area contributed by atoms with E-state index in [1.807, 2.05) is 6.07 Å². The summed E-state index contributed by atoms with van der Waals surface area (Å²) in [6.07, 6.45) is 7.81. The van der Waals surface area contributed by atoms with Gasteiger partial charge in [0.25, 0.3) is 0 Å². The second-order valence-electron chi connectivity index (χ2n) is 6.30. The van der Waals surface area contributed by atoms with Crippen LogP contribution in [0.3, 0.4) is 0 Å². The Kier molecular flexibility index (Phi) is 8.81. The summed E-state index contributed by atoms with van der Waals surface area (Å²) in [7, 11) is 0. The minimum atomic E-state index is -2.19. The first-order chi connectivity index (χ1) is 10.1. The maximum atomic E-state index is 6.62. The molecule has 120 valence electrons. The van der Waals surface area contributed by atoms with Gasteiger partial charge in [0.1, 0.15) is 0 Å². The van der Waals surface area contributed by atoms with Crippen molar-refractivity contribution < 1.29 is 0 Å². The van der Waals surface area contributed by atoms with E-state index in [9.17, 15) is 0 Å². The third-order valence-electron chi connectivity index (χ3n) is 4.60. The number of anilines is 1. The summed E-state index contributed by atoms with van der Waals surface area (Å²) < 4.78 is 1.41. The van der Waals surface area contributed by atoms with Crippen LogP contribution in [0.25, 0.3) is 0 Å². The van der Waals surface area contributed by atoms with E-state index in [0.29, 0.717) is 0 Å². The van der Waals surface area contributed by atoms with E-state index in [0.717, 1.165) is 10.7 Å². The predicted octanol–water partition coefficient (Wildman–Crippen LogP) is 5.98. The van der Waals surface area contributed by atoms with Crippen LogP contribution in [0.1, 0.15) is 59.3 Å². The summed E-state index contributed by atoms with van der Waals surface area (Å²) in [6, 6.07) is 6.11. The van der Waals surface area contributed by atoms with Crippen LogP contribution in [0.15, 0.2) is 18.2 Å². The number of rotatable bonds is 10. The SMILES string of the molecule is CCC[CH2][Ge]([CH2]CCC)([CH2]CCC)[c]1c(N)cccc1Cl. The second-order valence-corrected chi connectivity index (χ2v) is 16.3. The fourth-order valence-corrected chi connectivity index (χ4v) is 16.9. The summed E-state index contributed by atoms with van der Waals surface area (Å²) in [6.45, 7) is 6.88. The van der Waals surface area contributed by atoms with Crippen LogP contribution in [-0.4, -0.2) is 13.3 Å². The molecule has 0 heterocycles. The molecular weight excluding hydrogens is 338 g/mol. The molecule has 0 saturated carbocycles. The Morgan fingerprint density at radius 2 is 1.38 bits per heavy atom. The van der Waals surface area contributed by atoms with Gasteiger partial charge in [0.05, 0.1) is 0 Å². The average molecular weight is 371 g/mol. The van der Waals surface area contributed by atoms with Gasteiger partial charge < -0.3 is 0 Å². The number of hydrogen-bond donors (Lipinski definition) is 1. The van der Waals surface area contributed by atoms with Gasteiger partial charge in [-0.15, -0.1) is 0 Å². The van der Waals surface area contributed by atoms with Crippen LogP contribution in [0, 0.1) is 0 Å². The molecule has 1 aromatic rings. The van der Waals surface area contributed by atoms with Crippen molar-refractivity contribution in [2.45, 2.75) is 75.1 Å². The fraction of sp³-hybridized carbons (Fsp3) is 0.667. The van der Waals surface area contributed by atoms with Gasteiger partial charge in [0.2, 0.25) is 0 Å². The van der Waals surface area contributed by atoms with E-state index >= 15 is 0 Å². The van der Waals surface area contributed by atoms with Crippen LogP contribution in [0.5, 0.6) is 0 Å². The molecule has 0 unspecified atom stereocenters. The molecule has 0 spiro atoms. The Hall–Kier alpha value is -0.147. The zero-order valence-corrected chi connectivity index (χ0v) is 16.9. The summed E-state index contributed by atoms with van der Waals surface area (Å²) in [4.78, 5) is 0. The van der Waals surface area contributed by atoms with Crippen molar-refractivity contribution in [1.29, 1.82) is 0 Å². The van der Waals surface area contributed by atoms with Gasteiger partial charge in [0, 0.05) is 0 Å². The average Bonchev–Trinajstić information content (AvgIpc) is 2.48. The van der Waals surface area contributed by atoms with Crippen LogP contribution < -0.4 is 10.1 Å². The topological polar surface area (TPSA) is 26.0 Å². The van der Waals surface area contributed by atoms with Gasteiger partial charge in [-0.25, -0.2) is 0 Å². The van der Waals surface area contributed by atoms with Crippen molar-refractivity contribution in [3.05, 3.63) is 23.2 Å². The Bertz CT molecular complexity index is 378. The third kappa shape index (κ3) is 5.21. The second kappa shape index (κ2) is 9.79. The summed E-state index contributed by atoms with van der Waals surface area (Å²) in [5, 5.41) is 5.12. The van der Waals surface area contributed by atoms with Gasteiger partial charge in [-0.05, 0) is 0 Å². The van der Waals surface area contributed by atoms with Crippen molar-refractivity contribution in [1.82, 2.24) is 0 Å². The number of hydrogen-bond acceptors (Lipinski definition) is 1. The number of nitrogen functional groups attached to an aromatic ring is 1. The van der Waals surface area contributed by atoms with Gasteiger partial charge in [0.15, 0.2) is 0 Å². The Labute approximate surface area is 139 Å². The first kappa shape index (κ1) is 18.9. The molecule has 0 aliphatic carbocycles. The monoisotopic (exact) mass is 371 g/mol. The third-order valence-corrected chi connectivity index (χ3v) is 16.9. The quantitative estimate of drug-likeness (QED) is 0.398. The normalized spacial score (nSPS) is 11.8. The standard InChI is InChI=1S/C18H32ClGeN/c1-4-7-13-20(14-8-5-2,15-9-6-3)18-16(19)11-10-12-17(18)21/h10-12H,4-9,13-15,21H2,1-3H3. The van der Waals surface area contributed by atoms with Crippen LogP contribution in [0.4, 0.5) is 5.69 Å². The molecule has 0 saturated heterocycles. The molecular formula is C18H32ClGeN. The Balaban J connectivity index is 3.23. The molecule has 21 heavy (non-hydrogen) atoms. The van der Waals surface area contributed by atoms with Crippen molar-refractivity contribution in [3.63, 3.8) is 0 Å². The van der Waals surface area contributed by atoms with E-state index < -0.39 is 13.3 Å². The van der Waals surface area contributed by atoms with E-state index in [2.05, 4.69) is 32.9 Å². The Morgan fingerprint density at radius 1 is 0.905 bits per heavy atom. The Morgan fingerprint density at radius 3 is 1.76 bits per heavy atom. The number of unbranched alkanes of at least 4 members (excludes halogenated alkanes) is 3. The first-order valence-electron chi connectivity index (χ1n) is 8.65. The summed E-state index contributed by atoms with van der Waals surface area (Å²) in [5.74, 6) is 0. The number of benzene rings is 1. The molecule has 3 heteroatoms. The summed E-state index contributed by atoms with van der Waals surface area (Å²) in [5.41, 5.74) is 7.35. The van der Waals surface area contributed by atoms with E-state index in [1.54, 1.807) is 0 Å². The van der Waals surface area contributed by atoms with Gasteiger partial charge in [-0.3, -0.25) is 0 Å². The van der Waals surface area contributed by atoms with Crippen molar-refractivity contribution >= 4 is 35.0 Å². The zero-order chi connectivity index (χ0) is 15.7. The molecule has 0 aromatic heterocycles. The van der Waals surface area contributed by atoms with Crippen molar-refractivity contribution in [2.75, 3.05) is 5.73 Å². The van der Waals surface area contributed by atoms with Crippen LogP contribution in [0.2, 0.25) is 20.8 Å². The molecule has 2 N–H and O–H groups in total.